The molecule has 1 aromatic rings. The monoisotopic (exact) mass is 309 g/mol. The van der Waals surface area contributed by atoms with Crippen molar-refractivity contribution in [2.75, 3.05) is 26.7 Å². The van der Waals surface area contributed by atoms with Gasteiger partial charge in [-0.05, 0) is 25.4 Å². The lowest BCUT2D eigenvalue weighted by Gasteiger charge is -2.38. The molecular weight excluding hydrogens is 286 g/mol. The van der Waals surface area contributed by atoms with Crippen LogP contribution in [0, 0.1) is 0 Å². The maximum atomic E-state index is 12.6. The van der Waals surface area contributed by atoms with Crippen LogP contribution in [-0.4, -0.2) is 54.3 Å². The van der Waals surface area contributed by atoms with E-state index in [9.17, 15) is 9.59 Å². The number of carbonyl (C=O) groups excluding carboxylic acids is 2. The van der Waals surface area contributed by atoms with E-state index in [1.54, 1.807) is 11.3 Å². The fourth-order valence-corrected chi connectivity index (χ4v) is 3.54. The molecule has 1 aromatic heterocycles. The topological polar surface area (TPSA) is 52.7 Å². The molecule has 1 N–H and O–H groups in total. The quantitative estimate of drug-likeness (QED) is 0.916. The van der Waals surface area contributed by atoms with Crippen molar-refractivity contribution in [3.8, 4) is 0 Å². The number of nitrogens with zero attached hydrogens (tertiary/aromatic N) is 2. The summed E-state index contributed by atoms with van der Waals surface area (Å²) in [6, 6.07) is 3.91. The molecule has 21 heavy (non-hydrogen) atoms. The highest BCUT2D eigenvalue weighted by Crippen LogP contribution is 2.23. The Bertz CT molecular complexity index is 489. The van der Waals surface area contributed by atoms with Crippen LogP contribution >= 0.6 is 11.3 Å². The SMILES string of the molecule is CC(=O)N[C@H](CC(=O)N1CCN(C)C[C@@H]1C)c1cccs1. The number of amides is 2. The molecule has 6 heteroatoms. The molecule has 0 aliphatic carbocycles. The van der Waals surface area contributed by atoms with Crippen molar-refractivity contribution in [3.05, 3.63) is 22.4 Å². The summed E-state index contributed by atoms with van der Waals surface area (Å²) in [7, 11) is 2.07. The van der Waals surface area contributed by atoms with Gasteiger partial charge in [0.15, 0.2) is 0 Å². The van der Waals surface area contributed by atoms with Crippen LogP contribution in [0.1, 0.15) is 31.2 Å². The Morgan fingerprint density at radius 1 is 1.48 bits per heavy atom. The van der Waals surface area contributed by atoms with E-state index in [2.05, 4.69) is 24.2 Å². The third-order valence-corrected chi connectivity index (χ3v) is 4.78. The Morgan fingerprint density at radius 3 is 2.81 bits per heavy atom. The Kier molecular flexibility index (Phi) is 5.36. The lowest BCUT2D eigenvalue weighted by atomic mass is 10.1. The third kappa shape index (κ3) is 4.28. The Morgan fingerprint density at radius 2 is 2.24 bits per heavy atom. The second-order valence-electron chi connectivity index (χ2n) is 5.67. The highest BCUT2D eigenvalue weighted by Gasteiger charge is 2.28. The molecule has 2 amide bonds. The summed E-state index contributed by atoms with van der Waals surface area (Å²) in [4.78, 5) is 29.1. The zero-order chi connectivity index (χ0) is 15.4. The predicted molar refractivity (Wildman–Crippen MR) is 84.2 cm³/mol. The van der Waals surface area contributed by atoms with Gasteiger partial charge in [0, 0.05) is 37.5 Å². The first-order valence-electron chi connectivity index (χ1n) is 7.26. The fraction of sp³-hybridized carbons (Fsp3) is 0.600. The van der Waals surface area contributed by atoms with Crippen molar-refractivity contribution in [3.63, 3.8) is 0 Å². The number of hydrogen-bond donors (Lipinski definition) is 1. The molecule has 5 nitrogen and oxygen atoms in total. The van der Waals surface area contributed by atoms with E-state index >= 15 is 0 Å². The van der Waals surface area contributed by atoms with Gasteiger partial charge in [0.2, 0.25) is 11.8 Å². The van der Waals surface area contributed by atoms with Crippen molar-refractivity contribution in [1.29, 1.82) is 0 Å². The van der Waals surface area contributed by atoms with Gasteiger partial charge in [-0.15, -0.1) is 11.3 Å². The number of piperazine rings is 1. The molecule has 116 valence electrons. The zero-order valence-electron chi connectivity index (χ0n) is 12.8. The highest BCUT2D eigenvalue weighted by molar-refractivity contribution is 7.10. The van der Waals surface area contributed by atoms with Gasteiger partial charge in [-0.25, -0.2) is 0 Å². The summed E-state index contributed by atoms with van der Waals surface area (Å²) in [5, 5.41) is 4.85. The third-order valence-electron chi connectivity index (χ3n) is 3.79. The Balaban J connectivity index is 2.02. The second kappa shape index (κ2) is 7.04. The van der Waals surface area contributed by atoms with E-state index in [1.807, 2.05) is 22.4 Å². The van der Waals surface area contributed by atoms with Crippen molar-refractivity contribution in [2.24, 2.45) is 0 Å². The van der Waals surface area contributed by atoms with Crippen LogP contribution in [-0.2, 0) is 9.59 Å². The van der Waals surface area contributed by atoms with Crippen LogP contribution < -0.4 is 5.32 Å². The molecule has 0 aromatic carbocycles. The van der Waals surface area contributed by atoms with E-state index in [1.165, 1.54) is 6.92 Å². The number of likely N-dealkylation sites (N-methyl/N-ethyl adjacent to an activating group) is 1. The smallest absolute Gasteiger partial charge is 0.225 e. The summed E-state index contributed by atoms with van der Waals surface area (Å²) >= 11 is 1.57. The largest absolute Gasteiger partial charge is 0.348 e. The van der Waals surface area contributed by atoms with Gasteiger partial charge in [-0.2, -0.15) is 0 Å². The standard InChI is InChI=1S/C15H23N3O2S/c1-11-10-17(3)6-7-18(11)15(20)9-13(16-12(2)19)14-5-4-8-21-14/h4-5,8,11,13H,6-7,9-10H2,1-3H3,(H,16,19)/t11-,13+/m0/s1. The molecule has 0 radical (unpaired) electrons. The summed E-state index contributed by atoms with van der Waals surface area (Å²) < 4.78 is 0. The van der Waals surface area contributed by atoms with E-state index in [0.717, 1.165) is 24.5 Å². The van der Waals surface area contributed by atoms with Crippen LogP contribution in [0.4, 0.5) is 0 Å². The Hall–Kier alpha value is -1.40. The first-order valence-corrected chi connectivity index (χ1v) is 8.14. The number of rotatable bonds is 4. The van der Waals surface area contributed by atoms with Crippen LogP contribution in [0.25, 0.3) is 0 Å². The molecule has 2 atom stereocenters. The average molecular weight is 309 g/mol. The minimum atomic E-state index is -0.221. The normalized spacial score (nSPS) is 21.1. The number of hydrogen-bond acceptors (Lipinski definition) is 4. The van der Waals surface area contributed by atoms with Gasteiger partial charge >= 0.3 is 0 Å². The Labute approximate surface area is 129 Å². The molecule has 2 rings (SSSR count). The molecule has 0 spiro atoms. The first-order chi connectivity index (χ1) is 9.97. The zero-order valence-corrected chi connectivity index (χ0v) is 13.7. The van der Waals surface area contributed by atoms with E-state index in [0.29, 0.717) is 6.42 Å². The van der Waals surface area contributed by atoms with Gasteiger partial charge in [0.05, 0.1) is 12.5 Å². The maximum absolute atomic E-state index is 12.6. The number of nitrogens with one attached hydrogen (secondary N) is 1. The molecule has 1 aliphatic heterocycles. The van der Waals surface area contributed by atoms with Crippen molar-refractivity contribution < 1.29 is 9.59 Å². The van der Waals surface area contributed by atoms with Crippen LogP contribution in [0.5, 0.6) is 0 Å². The van der Waals surface area contributed by atoms with Gasteiger partial charge in [0.25, 0.3) is 0 Å². The highest BCUT2D eigenvalue weighted by atomic mass is 32.1. The minimum absolute atomic E-state index is 0.104. The minimum Gasteiger partial charge on any atom is -0.348 e. The van der Waals surface area contributed by atoms with E-state index < -0.39 is 0 Å². The van der Waals surface area contributed by atoms with Crippen molar-refractivity contribution in [2.45, 2.75) is 32.4 Å². The molecule has 2 heterocycles. The van der Waals surface area contributed by atoms with Crippen LogP contribution in [0.15, 0.2) is 17.5 Å². The summed E-state index contributed by atoms with van der Waals surface area (Å²) in [6.45, 7) is 6.12. The fourth-order valence-electron chi connectivity index (χ4n) is 2.76. The summed E-state index contributed by atoms with van der Waals surface area (Å²) in [5.74, 6) is 0.00961. The molecule has 1 aliphatic rings. The molecule has 1 saturated heterocycles. The lowest BCUT2D eigenvalue weighted by molar-refractivity contribution is -0.136. The number of carbonyl (C=O) groups is 2. The van der Waals surface area contributed by atoms with Gasteiger partial charge in [-0.3, -0.25) is 9.59 Å². The molecular formula is C15H23N3O2S. The van der Waals surface area contributed by atoms with Crippen LogP contribution in [0.3, 0.4) is 0 Å². The molecule has 0 saturated carbocycles. The summed E-state index contributed by atoms with van der Waals surface area (Å²) in [5.41, 5.74) is 0. The van der Waals surface area contributed by atoms with Gasteiger partial charge < -0.3 is 15.1 Å². The van der Waals surface area contributed by atoms with Gasteiger partial charge in [-0.1, -0.05) is 6.07 Å². The first kappa shape index (κ1) is 16.0. The van der Waals surface area contributed by atoms with Crippen molar-refractivity contribution in [1.82, 2.24) is 15.1 Å². The predicted octanol–water partition coefficient (Wildman–Crippen LogP) is 1.48. The molecule has 0 unspecified atom stereocenters. The lowest BCUT2D eigenvalue weighted by Crippen LogP contribution is -2.53. The summed E-state index contributed by atoms with van der Waals surface area (Å²) in [6.07, 6.45) is 0.328. The molecule has 0 bridgehead atoms. The van der Waals surface area contributed by atoms with E-state index in [-0.39, 0.29) is 23.9 Å². The van der Waals surface area contributed by atoms with Crippen molar-refractivity contribution >= 4 is 23.2 Å². The number of thiophene rings is 1. The van der Waals surface area contributed by atoms with Gasteiger partial charge in [0.1, 0.15) is 0 Å². The average Bonchev–Trinajstić information content (AvgIpc) is 2.90. The van der Waals surface area contributed by atoms with Crippen LogP contribution in [0.2, 0.25) is 0 Å². The maximum Gasteiger partial charge on any atom is 0.225 e. The van der Waals surface area contributed by atoms with E-state index in [4.69, 9.17) is 0 Å². The second-order valence-corrected chi connectivity index (χ2v) is 6.65. The molecule has 1 fully saturated rings.